The highest BCUT2D eigenvalue weighted by Crippen LogP contribution is 2.15. The molecule has 4 heteroatoms. The Bertz CT molecular complexity index is 482. The zero-order valence-corrected chi connectivity index (χ0v) is 11.2. The summed E-state index contributed by atoms with van der Waals surface area (Å²) in [5, 5.41) is 11.7. The van der Waals surface area contributed by atoms with Crippen LogP contribution in [0, 0.1) is 13.8 Å². The molecule has 0 heterocycles. The Balaban J connectivity index is 3.02. The molecule has 0 saturated carbocycles. The van der Waals surface area contributed by atoms with Crippen molar-refractivity contribution in [3.8, 4) is 0 Å². The molecule has 0 saturated heterocycles. The van der Waals surface area contributed by atoms with Gasteiger partial charge in [0, 0.05) is 5.56 Å². The summed E-state index contributed by atoms with van der Waals surface area (Å²) in [6, 6.07) is 5.42. The van der Waals surface area contributed by atoms with E-state index in [1.54, 1.807) is 19.1 Å². The van der Waals surface area contributed by atoms with Gasteiger partial charge in [-0.2, -0.15) is 0 Å². The van der Waals surface area contributed by atoms with Crippen molar-refractivity contribution in [2.45, 2.75) is 39.7 Å². The number of nitrogens with one attached hydrogen (secondary N) is 1. The first-order valence-electron chi connectivity index (χ1n) is 5.94. The van der Waals surface area contributed by atoms with Gasteiger partial charge in [0.05, 0.1) is 0 Å². The summed E-state index contributed by atoms with van der Waals surface area (Å²) in [5.74, 6) is -1.37. The maximum absolute atomic E-state index is 12.1. The van der Waals surface area contributed by atoms with Crippen LogP contribution < -0.4 is 5.32 Å². The molecule has 0 spiro atoms. The number of hydrogen-bond acceptors (Lipinski definition) is 2. The Morgan fingerprint density at radius 1 is 1.33 bits per heavy atom. The molecule has 4 nitrogen and oxygen atoms in total. The van der Waals surface area contributed by atoms with E-state index in [0.717, 1.165) is 11.1 Å². The molecule has 0 aromatic heterocycles. The Kier molecular flexibility index (Phi) is 4.11. The molecular formula is C14H19NO3. The van der Waals surface area contributed by atoms with Crippen LogP contribution in [-0.4, -0.2) is 22.5 Å². The van der Waals surface area contributed by atoms with Gasteiger partial charge in [0.15, 0.2) is 0 Å². The largest absolute Gasteiger partial charge is 0.480 e. The lowest BCUT2D eigenvalue weighted by Crippen LogP contribution is -2.51. The standard InChI is InChI=1S/C14H19NO3/c1-5-14(4,13(17)18)15-12(16)11-8-6-7-9(2)10(11)3/h6-8H,5H2,1-4H3,(H,15,16)(H,17,18). The van der Waals surface area contributed by atoms with Crippen molar-refractivity contribution >= 4 is 11.9 Å². The van der Waals surface area contributed by atoms with Crippen LogP contribution in [0.15, 0.2) is 18.2 Å². The summed E-state index contributed by atoms with van der Waals surface area (Å²) >= 11 is 0. The minimum atomic E-state index is -1.23. The third-order valence-corrected chi connectivity index (χ3v) is 3.42. The lowest BCUT2D eigenvalue weighted by molar-refractivity contribution is -0.143. The second-order valence-electron chi connectivity index (χ2n) is 4.69. The van der Waals surface area contributed by atoms with E-state index in [2.05, 4.69) is 5.32 Å². The smallest absolute Gasteiger partial charge is 0.329 e. The number of amides is 1. The summed E-state index contributed by atoms with van der Waals surface area (Å²) in [6.07, 6.45) is 0.332. The molecular weight excluding hydrogens is 230 g/mol. The Hall–Kier alpha value is -1.84. The fraction of sp³-hybridized carbons (Fsp3) is 0.429. The van der Waals surface area contributed by atoms with E-state index in [9.17, 15) is 9.59 Å². The van der Waals surface area contributed by atoms with Gasteiger partial charge in [-0.1, -0.05) is 19.1 Å². The van der Waals surface area contributed by atoms with Crippen molar-refractivity contribution in [1.29, 1.82) is 0 Å². The second kappa shape index (κ2) is 5.21. The fourth-order valence-electron chi connectivity index (χ4n) is 1.61. The summed E-state index contributed by atoms with van der Waals surface area (Å²) < 4.78 is 0. The van der Waals surface area contributed by atoms with E-state index in [0.29, 0.717) is 12.0 Å². The van der Waals surface area contributed by atoms with Crippen LogP contribution in [0.25, 0.3) is 0 Å². The highest BCUT2D eigenvalue weighted by Gasteiger charge is 2.33. The number of carbonyl (C=O) groups is 2. The monoisotopic (exact) mass is 249 g/mol. The van der Waals surface area contributed by atoms with Crippen LogP contribution in [-0.2, 0) is 4.79 Å². The van der Waals surface area contributed by atoms with Gasteiger partial charge < -0.3 is 10.4 Å². The highest BCUT2D eigenvalue weighted by molar-refractivity contribution is 5.99. The first-order chi connectivity index (χ1) is 8.31. The molecule has 0 bridgehead atoms. The predicted molar refractivity (Wildman–Crippen MR) is 69.7 cm³/mol. The molecule has 0 aliphatic heterocycles. The zero-order valence-electron chi connectivity index (χ0n) is 11.2. The maximum Gasteiger partial charge on any atom is 0.329 e. The van der Waals surface area contributed by atoms with Crippen LogP contribution in [0.1, 0.15) is 41.8 Å². The van der Waals surface area contributed by atoms with Crippen LogP contribution in [0.3, 0.4) is 0 Å². The summed E-state index contributed by atoms with van der Waals surface area (Å²) in [6.45, 7) is 7.02. The van der Waals surface area contributed by atoms with Gasteiger partial charge in [0.2, 0.25) is 0 Å². The molecule has 1 aromatic carbocycles. The molecule has 1 amide bonds. The molecule has 1 aromatic rings. The Labute approximate surface area is 107 Å². The molecule has 1 unspecified atom stereocenters. The van der Waals surface area contributed by atoms with Crippen molar-refractivity contribution in [1.82, 2.24) is 5.32 Å². The number of aryl methyl sites for hydroxylation is 1. The Morgan fingerprint density at radius 2 is 1.94 bits per heavy atom. The predicted octanol–water partition coefficient (Wildman–Crippen LogP) is 2.29. The van der Waals surface area contributed by atoms with E-state index in [1.165, 1.54) is 6.92 Å². The van der Waals surface area contributed by atoms with Gasteiger partial charge in [-0.05, 0) is 44.4 Å². The number of aliphatic carboxylic acids is 1. The van der Waals surface area contributed by atoms with Gasteiger partial charge in [0.1, 0.15) is 5.54 Å². The SMILES string of the molecule is CCC(C)(NC(=O)c1cccc(C)c1C)C(=O)O. The van der Waals surface area contributed by atoms with Crippen molar-refractivity contribution in [2.24, 2.45) is 0 Å². The average molecular weight is 249 g/mol. The van der Waals surface area contributed by atoms with Crippen molar-refractivity contribution in [3.63, 3.8) is 0 Å². The molecule has 0 radical (unpaired) electrons. The molecule has 0 aliphatic carbocycles. The van der Waals surface area contributed by atoms with E-state index in [4.69, 9.17) is 5.11 Å². The van der Waals surface area contributed by atoms with E-state index < -0.39 is 11.5 Å². The number of benzene rings is 1. The number of carboxylic acid groups (broad SMARTS) is 1. The molecule has 0 aliphatic rings. The third kappa shape index (κ3) is 2.70. The molecule has 1 rings (SSSR count). The third-order valence-electron chi connectivity index (χ3n) is 3.42. The van der Waals surface area contributed by atoms with Gasteiger partial charge >= 0.3 is 5.97 Å². The minimum absolute atomic E-state index is 0.332. The lowest BCUT2D eigenvalue weighted by atomic mass is 9.97. The van der Waals surface area contributed by atoms with Crippen molar-refractivity contribution in [2.75, 3.05) is 0 Å². The average Bonchev–Trinajstić information content (AvgIpc) is 2.32. The first kappa shape index (κ1) is 14.2. The van der Waals surface area contributed by atoms with Gasteiger partial charge in [-0.3, -0.25) is 4.79 Å². The molecule has 0 fully saturated rings. The minimum Gasteiger partial charge on any atom is -0.480 e. The molecule has 98 valence electrons. The first-order valence-corrected chi connectivity index (χ1v) is 5.94. The number of carbonyl (C=O) groups excluding carboxylic acids is 1. The molecule has 1 atom stereocenters. The highest BCUT2D eigenvalue weighted by atomic mass is 16.4. The summed E-state index contributed by atoms with van der Waals surface area (Å²) in [7, 11) is 0. The molecule has 18 heavy (non-hydrogen) atoms. The Morgan fingerprint density at radius 3 is 2.44 bits per heavy atom. The quantitative estimate of drug-likeness (QED) is 0.860. The zero-order chi connectivity index (χ0) is 13.9. The normalized spacial score (nSPS) is 13.8. The van der Waals surface area contributed by atoms with Crippen molar-refractivity contribution in [3.05, 3.63) is 34.9 Å². The summed E-state index contributed by atoms with van der Waals surface area (Å²) in [4.78, 5) is 23.3. The molecule has 2 N–H and O–H groups in total. The number of rotatable bonds is 4. The van der Waals surface area contributed by atoms with Crippen LogP contribution >= 0.6 is 0 Å². The van der Waals surface area contributed by atoms with Gasteiger partial charge in [0.25, 0.3) is 5.91 Å². The number of hydrogen-bond donors (Lipinski definition) is 2. The fourth-order valence-corrected chi connectivity index (χ4v) is 1.61. The summed E-state index contributed by atoms with van der Waals surface area (Å²) in [5.41, 5.74) is 1.18. The van der Waals surface area contributed by atoms with Crippen LogP contribution in [0.5, 0.6) is 0 Å². The second-order valence-corrected chi connectivity index (χ2v) is 4.69. The van der Waals surface area contributed by atoms with Crippen molar-refractivity contribution < 1.29 is 14.7 Å². The van der Waals surface area contributed by atoms with Crippen LogP contribution in [0.2, 0.25) is 0 Å². The lowest BCUT2D eigenvalue weighted by Gasteiger charge is -2.25. The maximum atomic E-state index is 12.1. The number of carboxylic acids is 1. The van der Waals surface area contributed by atoms with E-state index >= 15 is 0 Å². The van der Waals surface area contributed by atoms with Gasteiger partial charge in [-0.25, -0.2) is 4.79 Å². The van der Waals surface area contributed by atoms with E-state index in [1.807, 2.05) is 19.9 Å². The van der Waals surface area contributed by atoms with Crippen LogP contribution in [0.4, 0.5) is 0 Å². The van der Waals surface area contributed by atoms with Gasteiger partial charge in [-0.15, -0.1) is 0 Å². The van der Waals surface area contributed by atoms with E-state index in [-0.39, 0.29) is 5.91 Å². The topological polar surface area (TPSA) is 66.4 Å².